The molecule has 0 nitrogen and oxygen atoms in total. The van der Waals surface area contributed by atoms with E-state index in [1.807, 2.05) is 0 Å². The van der Waals surface area contributed by atoms with E-state index < -0.39 is 0 Å². The zero-order chi connectivity index (χ0) is 14.4. The van der Waals surface area contributed by atoms with Gasteiger partial charge in [0.2, 0.25) is 0 Å². The van der Waals surface area contributed by atoms with Gasteiger partial charge in [-0.3, -0.25) is 0 Å². The predicted molar refractivity (Wildman–Crippen MR) is 92.7 cm³/mol. The van der Waals surface area contributed by atoms with Crippen LogP contribution in [-0.2, 0) is 6.42 Å². The summed E-state index contributed by atoms with van der Waals surface area (Å²) in [6.45, 7) is 4.51. The van der Waals surface area contributed by atoms with E-state index >= 15 is 0 Å². The van der Waals surface area contributed by atoms with Crippen LogP contribution in [0.1, 0.15) is 45.1 Å². The zero-order valence-corrected chi connectivity index (χ0v) is 14.9. The summed E-state index contributed by atoms with van der Waals surface area (Å²) in [7, 11) is 0. The van der Waals surface area contributed by atoms with Crippen molar-refractivity contribution in [2.75, 3.05) is 0 Å². The molecule has 0 aliphatic carbocycles. The molecule has 0 saturated heterocycles. The molecule has 20 heavy (non-hydrogen) atoms. The average molecular weight is 354 g/mol. The minimum absolute atomic E-state index is 0.514. The van der Waals surface area contributed by atoms with Gasteiger partial charge in [0.15, 0.2) is 0 Å². The molecule has 108 valence electrons. The van der Waals surface area contributed by atoms with Crippen LogP contribution in [0.4, 0.5) is 0 Å². The molecule has 0 aromatic heterocycles. The Balaban J connectivity index is 2.40. The van der Waals surface area contributed by atoms with Crippen molar-refractivity contribution < 1.29 is 0 Å². The van der Waals surface area contributed by atoms with Gasteiger partial charge in [-0.1, -0.05) is 0 Å². The molecule has 0 aliphatic rings. The molecular weight excluding hydrogens is 331 g/mol. The van der Waals surface area contributed by atoms with Crippen LogP contribution in [-0.4, -0.2) is 15.0 Å². The normalized spacial score (nSPS) is 11.2. The number of fused-ring (bicyclic) bond motifs is 1. The van der Waals surface area contributed by atoms with Gasteiger partial charge in [0.05, 0.1) is 0 Å². The monoisotopic (exact) mass is 354 g/mol. The molecule has 0 radical (unpaired) electrons. The van der Waals surface area contributed by atoms with Crippen LogP contribution in [0.25, 0.3) is 10.8 Å². The Labute approximate surface area is 134 Å². The third kappa shape index (κ3) is 3.78. The van der Waals surface area contributed by atoms with Crippen molar-refractivity contribution in [2.45, 2.75) is 51.3 Å². The zero-order valence-electron chi connectivity index (χ0n) is 12.4. The fourth-order valence-electron chi connectivity index (χ4n) is 2.37. The second-order valence-corrected chi connectivity index (χ2v) is 7.90. The quantitative estimate of drug-likeness (QED) is 0.463. The maximum atomic E-state index is 6.72. The van der Waals surface area contributed by atoms with Gasteiger partial charge in [-0.15, -0.1) is 0 Å². The molecular formula is C18H23ClSe. The van der Waals surface area contributed by atoms with Crippen molar-refractivity contribution in [3.8, 4) is 0 Å². The molecule has 2 aromatic carbocycles. The van der Waals surface area contributed by atoms with Gasteiger partial charge >= 0.3 is 134 Å². The molecule has 0 unspecified atom stereocenters. The minimum atomic E-state index is 0.514. The standard InChI is InChI=1S/C18H23ClSe/c1-3-5-9-15-13-14-10-7-8-11-16(14)17(19)18(15)20-12-6-4-2/h7-8,10-11,13H,3-6,9,12H2,1-2H3. The Morgan fingerprint density at radius 2 is 1.80 bits per heavy atom. The summed E-state index contributed by atoms with van der Waals surface area (Å²) in [6, 6.07) is 10.9. The van der Waals surface area contributed by atoms with Crippen LogP contribution in [0.3, 0.4) is 0 Å². The van der Waals surface area contributed by atoms with Gasteiger partial charge in [0.25, 0.3) is 0 Å². The summed E-state index contributed by atoms with van der Waals surface area (Å²) in [5.74, 6) is 0. The number of aryl methyl sites for hydroxylation is 1. The molecule has 0 aliphatic heterocycles. The maximum absolute atomic E-state index is 6.72. The van der Waals surface area contributed by atoms with Crippen LogP contribution in [0.2, 0.25) is 10.3 Å². The van der Waals surface area contributed by atoms with E-state index in [1.54, 1.807) is 0 Å². The Kier molecular flexibility index (Phi) is 6.42. The van der Waals surface area contributed by atoms with Crippen molar-refractivity contribution in [1.29, 1.82) is 0 Å². The van der Waals surface area contributed by atoms with Gasteiger partial charge < -0.3 is 0 Å². The van der Waals surface area contributed by atoms with E-state index in [2.05, 4.69) is 44.2 Å². The van der Waals surface area contributed by atoms with Crippen LogP contribution in [0, 0.1) is 0 Å². The van der Waals surface area contributed by atoms with Crippen LogP contribution < -0.4 is 4.46 Å². The Morgan fingerprint density at radius 3 is 2.55 bits per heavy atom. The van der Waals surface area contributed by atoms with Gasteiger partial charge in [-0.25, -0.2) is 0 Å². The number of hydrogen-bond donors (Lipinski definition) is 0. The molecule has 0 N–H and O–H groups in total. The molecule has 0 saturated carbocycles. The molecule has 0 heterocycles. The predicted octanol–water partition coefficient (Wildman–Crippen LogP) is 5.38. The van der Waals surface area contributed by atoms with E-state index in [9.17, 15) is 0 Å². The SMILES string of the molecule is CCCC[Se]c1c(CCCC)cc2ccccc2c1Cl. The van der Waals surface area contributed by atoms with Crippen molar-refractivity contribution in [3.05, 3.63) is 40.9 Å². The number of rotatable bonds is 7. The number of unbranched alkanes of at least 4 members (excludes halogenated alkanes) is 2. The second kappa shape index (κ2) is 8.07. The molecule has 2 aromatic rings. The summed E-state index contributed by atoms with van der Waals surface area (Å²) >= 11 is 7.23. The van der Waals surface area contributed by atoms with Crippen molar-refractivity contribution in [1.82, 2.24) is 0 Å². The molecule has 0 atom stereocenters. The summed E-state index contributed by atoms with van der Waals surface area (Å²) < 4.78 is 1.46. The molecule has 2 rings (SSSR count). The topological polar surface area (TPSA) is 0 Å². The molecule has 2 heteroatoms. The summed E-state index contributed by atoms with van der Waals surface area (Å²) in [5, 5.41) is 4.84. The Hall–Kier alpha value is -0.491. The summed E-state index contributed by atoms with van der Waals surface area (Å²) in [6.07, 6.45) is 6.26. The van der Waals surface area contributed by atoms with E-state index in [0.717, 1.165) is 5.02 Å². The number of hydrogen-bond acceptors (Lipinski definition) is 0. The summed E-state index contributed by atoms with van der Waals surface area (Å²) in [5.41, 5.74) is 1.49. The third-order valence-electron chi connectivity index (χ3n) is 3.56. The molecule has 0 bridgehead atoms. The average Bonchev–Trinajstić information content (AvgIpc) is 2.48. The molecule has 0 amide bonds. The number of halogens is 1. The Bertz CT molecular complexity index is 563. The van der Waals surface area contributed by atoms with Crippen LogP contribution in [0.5, 0.6) is 0 Å². The summed E-state index contributed by atoms with van der Waals surface area (Å²) in [4.78, 5) is 0. The van der Waals surface area contributed by atoms with Crippen molar-refractivity contribution in [2.24, 2.45) is 0 Å². The fraction of sp³-hybridized carbons (Fsp3) is 0.444. The van der Waals surface area contributed by atoms with Gasteiger partial charge in [0.1, 0.15) is 0 Å². The number of benzene rings is 2. The van der Waals surface area contributed by atoms with E-state index in [-0.39, 0.29) is 0 Å². The first kappa shape index (κ1) is 15.9. The van der Waals surface area contributed by atoms with E-state index in [1.165, 1.54) is 58.2 Å². The van der Waals surface area contributed by atoms with E-state index in [0.29, 0.717) is 15.0 Å². The fourth-order valence-corrected chi connectivity index (χ4v) is 5.50. The Morgan fingerprint density at radius 1 is 1.05 bits per heavy atom. The van der Waals surface area contributed by atoms with E-state index in [4.69, 9.17) is 11.6 Å². The first-order valence-electron chi connectivity index (χ1n) is 7.60. The first-order valence-corrected chi connectivity index (χ1v) is 10.1. The van der Waals surface area contributed by atoms with Crippen LogP contribution >= 0.6 is 11.6 Å². The van der Waals surface area contributed by atoms with Crippen molar-refractivity contribution >= 4 is 41.8 Å². The second-order valence-electron chi connectivity index (χ2n) is 5.21. The third-order valence-corrected chi connectivity index (χ3v) is 6.83. The van der Waals surface area contributed by atoms with Gasteiger partial charge in [-0.05, 0) is 0 Å². The van der Waals surface area contributed by atoms with Gasteiger partial charge in [0, 0.05) is 0 Å². The first-order chi connectivity index (χ1) is 9.77. The van der Waals surface area contributed by atoms with Crippen molar-refractivity contribution in [3.63, 3.8) is 0 Å². The van der Waals surface area contributed by atoms with Crippen LogP contribution in [0.15, 0.2) is 30.3 Å². The molecule has 0 fully saturated rings. The molecule has 0 spiro atoms. The van der Waals surface area contributed by atoms with Gasteiger partial charge in [-0.2, -0.15) is 0 Å².